The molecule has 1 N–H and O–H groups in total. The van der Waals surface area contributed by atoms with Crippen molar-refractivity contribution in [1.82, 2.24) is 4.90 Å². The van der Waals surface area contributed by atoms with Gasteiger partial charge in [-0.1, -0.05) is 25.1 Å². The second-order valence-electron chi connectivity index (χ2n) is 7.70. The minimum atomic E-state index is -0.0263. The van der Waals surface area contributed by atoms with E-state index in [1.165, 1.54) is 4.88 Å². The first kappa shape index (κ1) is 19.0. The van der Waals surface area contributed by atoms with Gasteiger partial charge in [0.05, 0.1) is 5.56 Å². The van der Waals surface area contributed by atoms with Crippen LogP contribution < -0.4 is 10.1 Å². The maximum absolute atomic E-state index is 12.6. The number of benzene rings is 1. The molecule has 4 rings (SSSR count). The lowest BCUT2D eigenvalue weighted by molar-refractivity contribution is -0.116. The first-order chi connectivity index (χ1) is 13.6. The number of hydrogen-bond acceptors (Lipinski definition) is 5. The SMILES string of the molecule is CC1CCc2c(sc(NC(=O)CCN3CCOc4ccccc4C3)c2C#N)C1. The van der Waals surface area contributed by atoms with Gasteiger partial charge in [0, 0.05) is 36.5 Å². The minimum Gasteiger partial charge on any atom is -0.492 e. The fourth-order valence-corrected chi connectivity index (χ4v) is 5.35. The topological polar surface area (TPSA) is 65.4 Å². The molecule has 1 aliphatic carbocycles. The van der Waals surface area contributed by atoms with Gasteiger partial charge < -0.3 is 10.1 Å². The Kier molecular flexibility index (Phi) is 5.65. The summed E-state index contributed by atoms with van der Waals surface area (Å²) in [7, 11) is 0. The summed E-state index contributed by atoms with van der Waals surface area (Å²) in [6.07, 6.45) is 3.48. The summed E-state index contributed by atoms with van der Waals surface area (Å²) >= 11 is 1.59. The van der Waals surface area contributed by atoms with Crippen LogP contribution in [0.1, 0.15) is 41.3 Å². The van der Waals surface area contributed by atoms with Gasteiger partial charge in [0.15, 0.2) is 0 Å². The van der Waals surface area contributed by atoms with E-state index in [1.807, 2.05) is 18.2 Å². The summed E-state index contributed by atoms with van der Waals surface area (Å²) in [5.74, 6) is 1.56. The van der Waals surface area contributed by atoms with E-state index in [2.05, 4.69) is 29.3 Å². The van der Waals surface area contributed by atoms with Crippen LogP contribution in [0.25, 0.3) is 0 Å². The summed E-state index contributed by atoms with van der Waals surface area (Å²) in [5, 5.41) is 13.3. The molecule has 5 nitrogen and oxygen atoms in total. The molecule has 28 heavy (non-hydrogen) atoms. The number of carbonyl (C=O) groups excluding carboxylic acids is 1. The molecule has 0 saturated heterocycles. The van der Waals surface area contributed by atoms with Crippen LogP contribution in [0.3, 0.4) is 0 Å². The Morgan fingerprint density at radius 2 is 2.29 bits per heavy atom. The molecule has 6 heteroatoms. The number of rotatable bonds is 4. The number of ether oxygens (including phenoxy) is 1. The van der Waals surface area contributed by atoms with E-state index >= 15 is 0 Å². The van der Waals surface area contributed by atoms with Crippen molar-refractivity contribution in [2.45, 2.75) is 39.2 Å². The van der Waals surface area contributed by atoms with Crippen LogP contribution in [0.4, 0.5) is 5.00 Å². The molecule has 0 radical (unpaired) electrons. The van der Waals surface area contributed by atoms with Gasteiger partial charge >= 0.3 is 0 Å². The molecular weight excluding hydrogens is 370 g/mol. The number of nitrogens with one attached hydrogen (secondary N) is 1. The molecule has 0 spiro atoms. The molecule has 1 unspecified atom stereocenters. The van der Waals surface area contributed by atoms with Crippen LogP contribution in [-0.4, -0.2) is 30.5 Å². The highest BCUT2D eigenvalue weighted by atomic mass is 32.1. The predicted octanol–water partition coefficient (Wildman–Crippen LogP) is 3.97. The molecule has 1 atom stereocenters. The van der Waals surface area contributed by atoms with Gasteiger partial charge in [0.25, 0.3) is 0 Å². The second-order valence-corrected chi connectivity index (χ2v) is 8.80. The third kappa shape index (κ3) is 4.06. The number of nitriles is 1. The molecule has 1 aromatic heterocycles. The van der Waals surface area contributed by atoms with Crippen LogP contribution in [0.15, 0.2) is 24.3 Å². The van der Waals surface area contributed by atoms with Crippen molar-refractivity contribution >= 4 is 22.2 Å². The summed E-state index contributed by atoms with van der Waals surface area (Å²) in [6.45, 7) is 5.14. The largest absolute Gasteiger partial charge is 0.492 e. The lowest BCUT2D eigenvalue weighted by atomic mass is 9.89. The van der Waals surface area contributed by atoms with Crippen molar-refractivity contribution in [2.24, 2.45) is 5.92 Å². The normalized spacial score (nSPS) is 18.9. The Bertz CT molecular complexity index is 915. The zero-order valence-electron chi connectivity index (χ0n) is 16.2. The summed E-state index contributed by atoms with van der Waals surface area (Å²) in [4.78, 5) is 16.1. The van der Waals surface area contributed by atoms with Gasteiger partial charge in [-0.3, -0.25) is 9.69 Å². The lowest BCUT2D eigenvalue weighted by Gasteiger charge is -2.18. The van der Waals surface area contributed by atoms with Crippen molar-refractivity contribution in [3.8, 4) is 11.8 Å². The van der Waals surface area contributed by atoms with Crippen LogP contribution in [-0.2, 0) is 24.2 Å². The molecule has 0 bridgehead atoms. The predicted molar refractivity (Wildman–Crippen MR) is 111 cm³/mol. The Labute approximate surface area is 169 Å². The lowest BCUT2D eigenvalue weighted by Crippen LogP contribution is -2.29. The van der Waals surface area contributed by atoms with E-state index in [1.54, 1.807) is 11.3 Å². The molecule has 2 aromatic rings. The molecule has 1 amide bonds. The van der Waals surface area contributed by atoms with E-state index in [0.717, 1.165) is 54.2 Å². The number of carbonyl (C=O) groups is 1. The van der Waals surface area contributed by atoms with Crippen LogP contribution in [0.5, 0.6) is 5.75 Å². The number of nitrogens with zero attached hydrogens (tertiary/aromatic N) is 2. The number of anilines is 1. The molecule has 2 aliphatic rings. The third-order valence-corrected chi connectivity index (χ3v) is 6.73. The fourth-order valence-electron chi connectivity index (χ4n) is 3.98. The Hall–Kier alpha value is -2.36. The summed E-state index contributed by atoms with van der Waals surface area (Å²) < 4.78 is 5.79. The van der Waals surface area contributed by atoms with Gasteiger partial charge in [-0.15, -0.1) is 11.3 Å². The van der Waals surface area contributed by atoms with Gasteiger partial charge in [0.1, 0.15) is 23.4 Å². The van der Waals surface area contributed by atoms with Crippen molar-refractivity contribution in [3.05, 3.63) is 45.8 Å². The molecule has 0 saturated carbocycles. The number of para-hydroxylation sites is 1. The quantitative estimate of drug-likeness (QED) is 0.851. The monoisotopic (exact) mass is 395 g/mol. The maximum Gasteiger partial charge on any atom is 0.226 e. The molecule has 1 aliphatic heterocycles. The summed E-state index contributed by atoms with van der Waals surface area (Å²) in [5.41, 5.74) is 2.99. The average molecular weight is 396 g/mol. The van der Waals surface area contributed by atoms with Gasteiger partial charge in [0.2, 0.25) is 5.91 Å². The fraction of sp³-hybridized carbons (Fsp3) is 0.455. The van der Waals surface area contributed by atoms with E-state index in [-0.39, 0.29) is 5.91 Å². The Morgan fingerprint density at radius 1 is 1.43 bits per heavy atom. The number of thiophene rings is 1. The van der Waals surface area contributed by atoms with Crippen molar-refractivity contribution in [1.29, 1.82) is 5.26 Å². The molecular formula is C22H25N3O2S. The zero-order chi connectivity index (χ0) is 19.5. The maximum atomic E-state index is 12.6. The number of fused-ring (bicyclic) bond motifs is 2. The van der Waals surface area contributed by atoms with E-state index in [9.17, 15) is 10.1 Å². The molecule has 146 valence electrons. The van der Waals surface area contributed by atoms with Crippen LogP contribution >= 0.6 is 11.3 Å². The molecule has 1 aromatic carbocycles. The first-order valence-corrected chi connectivity index (χ1v) is 10.7. The Morgan fingerprint density at radius 3 is 3.14 bits per heavy atom. The van der Waals surface area contributed by atoms with Crippen molar-refractivity contribution in [3.63, 3.8) is 0 Å². The highest BCUT2D eigenvalue weighted by Crippen LogP contribution is 2.39. The molecule has 0 fully saturated rings. The third-order valence-electron chi connectivity index (χ3n) is 5.56. The summed E-state index contributed by atoms with van der Waals surface area (Å²) in [6, 6.07) is 10.4. The van der Waals surface area contributed by atoms with Crippen LogP contribution in [0.2, 0.25) is 0 Å². The van der Waals surface area contributed by atoms with Gasteiger partial charge in [-0.2, -0.15) is 5.26 Å². The minimum absolute atomic E-state index is 0.0263. The number of hydrogen-bond donors (Lipinski definition) is 1. The smallest absolute Gasteiger partial charge is 0.226 e. The first-order valence-electron chi connectivity index (χ1n) is 9.91. The average Bonchev–Trinajstić information content (AvgIpc) is 2.88. The van der Waals surface area contributed by atoms with Gasteiger partial charge in [-0.25, -0.2) is 0 Å². The Balaban J connectivity index is 1.37. The van der Waals surface area contributed by atoms with E-state index in [4.69, 9.17) is 4.74 Å². The van der Waals surface area contributed by atoms with Crippen molar-refractivity contribution in [2.75, 3.05) is 25.0 Å². The standard InChI is InChI=1S/C22H25N3O2S/c1-15-6-7-17-18(13-23)22(28-20(17)12-15)24-21(26)8-9-25-10-11-27-19-5-3-2-4-16(19)14-25/h2-5,15H,6-12,14H2,1H3,(H,24,26). The van der Waals surface area contributed by atoms with Crippen LogP contribution in [0, 0.1) is 17.2 Å². The molecule has 2 heterocycles. The second kappa shape index (κ2) is 8.34. The van der Waals surface area contributed by atoms with E-state index < -0.39 is 0 Å². The van der Waals surface area contributed by atoms with E-state index in [0.29, 0.717) is 31.1 Å². The number of amides is 1. The zero-order valence-corrected chi connectivity index (χ0v) is 17.0. The highest BCUT2D eigenvalue weighted by Gasteiger charge is 2.25. The van der Waals surface area contributed by atoms with Gasteiger partial charge in [-0.05, 0) is 36.8 Å². The van der Waals surface area contributed by atoms with Crippen molar-refractivity contribution < 1.29 is 9.53 Å². The highest BCUT2D eigenvalue weighted by molar-refractivity contribution is 7.16.